The predicted octanol–water partition coefficient (Wildman–Crippen LogP) is 3.94. The van der Waals surface area contributed by atoms with Crippen LogP contribution in [-0.2, 0) is 10.5 Å². The van der Waals surface area contributed by atoms with Gasteiger partial charge < -0.3 is 10.6 Å². The van der Waals surface area contributed by atoms with E-state index in [1.165, 1.54) is 6.07 Å². The van der Waals surface area contributed by atoms with Crippen molar-refractivity contribution in [2.24, 2.45) is 5.92 Å². The molecule has 2 N–H and O–H groups in total. The predicted molar refractivity (Wildman–Crippen MR) is 113 cm³/mol. The molecule has 2 aromatic rings. The van der Waals surface area contributed by atoms with Crippen molar-refractivity contribution in [1.82, 2.24) is 10.6 Å². The van der Waals surface area contributed by atoms with Gasteiger partial charge in [0.05, 0.1) is 0 Å². The molecular formula is C22H27FN2O2S. The molecule has 0 aliphatic heterocycles. The molecule has 0 saturated carbocycles. The van der Waals surface area contributed by atoms with Crippen LogP contribution in [-0.4, -0.2) is 30.2 Å². The van der Waals surface area contributed by atoms with Crippen molar-refractivity contribution < 1.29 is 14.0 Å². The molecule has 0 aliphatic rings. The maximum atomic E-state index is 13.6. The molecule has 4 nitrogen and oxygen atoms in total. The van der Waals surface area contributed by atoms with Crippen LogP contribution in [0.5, 0.6) is 0 Å². The summed E-state index contributed by atoms with van der Waals surface area (Å²) in [5, 5.41) is 5.71. The van der Waals surface area contributed by atoms with Crippen LogP contribution in [0.3, 0.4) is 0 Å². The Morgan fingerprint density at radius 2 is 1.75 bits per heavy atom. The van der Waals surface area contributed by atoms with Crippen LogP contribution < -0.4 is 10.6 Å². The minimum absolute atomic E-state index is 0.0426. The molecule has 0 aliphatic carbocycles. The summed E-state index contributed by atoms with van der Waals surface area (Å²) in [7, 11) is 0. The fraction of sp³-hybridized carbons (Fsp3) is 0.364. The molecule has 1 atom stereocenters. The minimum Gasteiger partial charge on any atom is -0.353 e. The molecule has 0 heterocycles. The fourth-order valence-electron chi connectivity index (χ4n) is 2.74. The first-order valence-corrected chi connectivity index (χ1v) is 10.5. The molecular weight excluding hydrogens is 375 g/mol. The second-order valence-electron chi connectivity index (χ2n) is 6.95. The van der Waals surface area contributed by atoms with Crippen LogP contribution in [0.15, 0.2) is 48.5 Å². The van der Waals surface area contributed by atoms with Crippen LogP contribution in [0.25, 0.3) is 0 Å². The largest absolute Gasteiger partial charge is 0.353 e. The Labute approximate surface area is 170 Å². The van der Waals surface area contributed by atoms with Crippen LogP contribution in [0.4, 0.5) is 4.39 Å². The molecule has 2 amide bonds. The van der Waals surface area contributed by atoms with Gasteiger partial charge in [-0.1, -0.05) is 50.2 Å². The smallest absolute Gasteiger partial charge is 0.252 e. The molecule has 2 aromatic carbocycles. The van der Waals surface area contributed by atoms with E-state index in [4.69, 9.17) is 0 Å². The third-order valence-corrected chi connectivity index (χ3v) is 5.39. The van der Waals surface area contributed by atoms with Gasteiger partial charge in [-0.2, -0.15) is 11.8 Å². The molecule has 0 bridgehead atoms. The van der Waals surface area contributed by atoms with E-state index in [0.29, 0.717) is 29.2 Å². The number of nitrogens with one attached hydrogen (secondary N) is 2. The van der Waals surface area contributed by atoms with Gasteiger partial charge in [0.2, 0.25) is 5.91 Å². The van der Waals surface area contributed by atoms with Gasteiger partial charge in [-0.3, -0.25) is 9.59 Å². The van der Waals surface area contributed by atoms with Crippen molar-refractivity contribution >= 4 is 23.6 Å². The topological polar surface area (TPSA) is 58.2 Å². The number of carbonyl (C=O) groups is 2. The molecule has 2 rings (SSSR count). The average Bonchev–Trinajstić information content (AvgIpc) is 2.67. The zero-order valence-corrected chi connectivity index (χ0v) is 17.3. The molecule has 0 fully saturated rings. The summed E-state index contributed by atoms with van der Waals surface area (Å²) in [5.74, 6) is 0.512. The number of amides is 2. The second-order valence-corrected chi connectivity index (χ2v) is 8.05. The molecule has 0 unspecified atom stereocenters. The number of hydrogen-bond donors (Lipinski definition) is 2. The highest BCUT2D eigenvalue weighted by atomic mass is 32.2. The Morgan fingerprint density at radius 1 is 1.07 bits per heavy atom. The highest BCUT2D eigenvalue weighted by Gasteiger charge is 2.24. The summed E-state index contributed by atoms with van der Waals surface area (Å²) in [4.78, 5) is 25.0. The van der Waals surface area contributed by atoms with Crippen LogP contribution >= 0.6 is 11.8 Å². The lowest BCUT2D eigenvalue weighted by atomic mass is 10.0. The van der Waals surface area contributed by atoms with Crippen molar-refractivity contribution in [3.05, 3.63) is 71.0 Å². The van der Waals surface area contributed by atoms with E-state index in [-0.39, 0.29) is 23.5 Å². The summed E-state index contributed by atoms with van der Waals surface area (Å²) in [6.45, 7) is 6.12. The minimum atomic E-state index is -0.608. The SMILES string of the molecule is Cc1ccccc1C(=O)N[C@H](C(=O)NCCSCc1ccccc1F)C(C)C. The Bertz CT molecular complexity index is 811. The molecule has 28 heavy (non-hydrogen) atoms. The summed E-state index contributed by atoms with van der Waals surface area (Å²) in [6, 6.07) is 13.4. The Kier molecular flexibility index (Phi) is 8.51. The third-order valence-electron chi connectivity index (χ3n) is 4.39. The number of hydrogen-bond acceptors (Lipinski definition) is 3. The standard InChI is InChI=1S/C22H27FN2O2S/c1-15(2)20(25-21(26)18-10-6-4-8-16(18)3)22(27)24-12-13-28-14-17-9-5-7-11-19(17)23/h4-11,15,20H,12-14H2,1-3H3,(H,24,27)(H,25,26)/t20-/m0/s1. The highest BCUT2D eigenvalue weighted by molar-refractivity contribution is 7.98. The van der Waals surface area contributed by atoms with E-state index in [0.717, 1.165) is 5.56 Å². The van der Waals surface area contributed by atoms with Gasteiger partial charge in [0.1, 0.15) is 11.9 Å². The van der Waals surface area contributed by atoms with E-state index in [9.17, 15) is 14.0 Å². The van der Waals surface area contributed by atoms with Crippen LogP contribution in [0.1, 0.15) is 35.3 Å². The zero-order chi connectivity index (χ0) is 20.5. The molecule has 0 radical (unpaired) electrons. The third kappa shape index (κ3) is 6.37. The van der Waals surface area contributed by atoms with Gasteiger partial charge in [0.15, 0.2) is 0 Å². The zero-order valence-electron chi connectivity index (χ0n) is 16.5. The summed E-state index contributed by atoms with van der Waals surface area (Å²) >= 11 is 1.55. The first kappa shape index (κ1) is 22.0. The number of benzene rings is 2. The van der Waals surface area contributed by atoms with Crippen molar-refractivity contribution in [3.63, 3.8) is 0 Å². The van der Waals surface area contributed by atoms with Gasteiger partial charge in [0.25, 0.3) is 5.91 Å². The molecule has 6 heteroatoms. The normalized spacial score (nSPS) is 11.9. The van der Waals surface area contributed by atoms with E-state index >= 15 is 0 Å². The lowest BCUT2D eigenvalue weighted by Crippen LogP contribution is -2.50. The lowest BCUT2D eigenvalue weighted by Gasteiger charge is -2.22. The summed E-state index contributed by atoms with van der Waals surface area (Å²) in [5.41, 5.74) is 2.10. The number of aryl methyl sites for hydroxylation is 1. The Balaban J connectivity index is 1.81. The first-order valence-electron chi connectivity index (χ1n) is 9.35. The Morgan fingerprint density at radius 3 is 2.43 bits per heavy atom. The van der Waals surface area contributed by atoms with Crippen molar-refractivity contribution in [2.45, 2.75) is 32.6 Å². The number of halogens is 1. The van der Waals surface area contributed by atoms with E-state index in [2.05, 4.69) is 10.6 Å². The fourth-order valence-corrected chi connectivity index (χ4v) is 3.58. The molecule has 0 aromatic heterocycles. The summed E-state index contributed by atoms with van der Waals surface area (Å²) < 4.78 is 13.6. The number of rotatable bonds is 9. The van der Waals surface area contributed by atoms with Crippen LogP contribution in [0, 0.1) is 18.7 Å². The van der Waals surface area contributed by atoms with Gasteiger partial charge in [-0.25, -0.2) is 4.39 Å². The van der Waals surface area contributed by atoms with Crippen molar-refractivity contribution in [1.29, 1.82) is 0 Å². The average molecular weight is 403 g/mol. The number of thioether (sulfide) groups is 1. The maximum Gasteiger partial charge on any atom is 0.252 e. The van der Waals surface area contributed by atoms with Gasteiger partial charge in [-0.05, 0) is 36.1 Å². The Hall–Kier alpha value is -2.34. The quantitative estimate of drug-likeness (QED) is 0.625. The van der Waals surface area contributed by atoms with Crippen molar-refractivity contribution in [2.75, 3.05) is 12.3 Å². The molecule has 150 valence electrons. The molecule has 0 saturated heterocycles. The maximum absolute atomic E-state index is 13.6. The highest BCUT2D eigenvalue weighted by Crippen LogP contribution is 2.15. The van der Waals surface area contributed by atoms with Gasteiger partial charge >= 0.3 is 0 Å². The van der Waals surface area contributed by atoms with Gasteiger partial charge in [0, 0.05) is 23.6 Å². The van der Waals surface area contributed by atoms with Crippen molar-refractivity contribution in [3.8, 4) is 0 Å². The van der Waals surface area contributed by atoms with E-state index in [1.54, 1.807) is 36.0 Å². The first-order chi connectivity index (χ1) is 13.4. The molecule has 0 spiro atoms. The number of carbonyl (C=O) groups excluding carboxylic acids is 2. The van der Waals surface area contributed by atoms with E-state index in [1.807, 2.05) is 39.0 Å². The summed E-state index contributed by atoms with van der Waals surface area (Å²) in [6.07, 6.45) is 0. The lowest BCUT2D eigenvalue weighted by molar-refractivity contribution is -0.123. The monoisotopic (exact) mass is 402 g/mol. The van der Waals surface area contributed by atoms with Gasteiger partial charge in [-0.15, -0.1) is 0 Å². The van der Waals surface area contributed by atoms with Crippen LogP contribution in [0.2, 0.25) is 0 Å². The second kappa shape index (κ2) is 10.9. The van der Waals surface area contributed by atoms with E-state index < -0.39 is 6.04 Å².